The predicted molar refractivity (Wildman–Crippen MR) is 105 cm³/mol. The van der Waals surface area contributed by atoms with Crippen LogP contribution in [0.15, 0.2) is 35.5 Å². The van der Waals surface area contributed by atoms with Crippen LogP contribution in [0.3, 0.4) is 0 Å². The van der Waals surface area contributed by atoms with Gasteiger partial charge in [0, 0.05) is 18.9 Å². The maximum absolute atomic E-state index is 12.8. The molecule has 4 rings (SSSR count). The number of rotatable bonds is 5. The fourth-order valence-electron chi connectivity index (χ4n) is 4.41. The van der Waals surface area contributed by atoms with Gasteiger partial charge in [0.05, 0.1) is 23.7 Å². The van der Waals surface area contributed by atoms with Crippen LogP contribution >= 0.6 is 0 Å². The second kappa shape index (κ2) is 7.89. The molecule has 0 amide bonds. The molecule has 4 aliphatic rings. The molecule has 31 heavy (non-hydrogen) atoms. The fraction of sp³-hybridized carbons (Fsp3) is 0.591. The number of aliphatic hydroxyl groups excluding tert-OH is 1. The van der Waals surface area contributed by atoms with Gasteiger partial charge >= 0.3 is 17.9 Å². The van der Waals surface area contributed by atoms with Crippen LogP contribution in [-0.2, 0) is 38.1 Å². The number of carbonyl (C=O) groups excluding carboxylic acids is 3. The molecule has 9 heteroatoms. The minimum absolute atomic E-state index is 0.176. The third kappa shape index (κ3) is 4.05. The molecule has 7 atom stereocenters. The van der Waals surface area contributed by atoms with Crippen LogP contribution in [0.1, 0.15) is 27.2 Å². The Morgan fingerprint density at radius 2 is 2.16 bits per heavy atom. The maximum atomic E-state index is 12.8. The molecule has 0 aromatic carbocycles. The van der Waals surface area contributed by atoms with E-state index >= 15 is 0 Å². The van der Waals surface area contributed by atoms with Crippen molar-refractivity contribution < 1.29 is 43.2 Å². The number of esters is 3. The van der Waals surface area contributed by atoms with Gasteiger partial charge in [-0.2, -0.15) is 0 Å². The Balaban J connectivity index is 1.63. The van der Waals surface area contributed by atoms with Crippen LogP contribution < -0.4 is 0 Å². The highest BCUT2D eigenvalue weighted by Crippen LogP contribution is 2.53. The van der Waals surface area contributed by atoms with Crippen molar-refractivity contribution >= 4 is 17.9 Å². The second-order valence-electron chi connectivity index (χ2n) is 8.44. The van der Waals surface area contributed by atoms with Crippen LogP contribution in [0.25, 0.3) is 0 Å². The van der Waals surface area contributed by atoms with Gasteiger partial charge in [-0.1, -0.05) is 12.7 Å². The number of carbonyl (C=O) groups is 3. The molecule has 0 aromatic heterocycles. The van der Waals surface area contributed by atoms with Gasteiger partial charge in [-0.05, 0) is 25.5 Å². The molecule has 3 fully saturated rings. The van der Waals surface area contributed by atoms with E-state index < -0.39 is 41.6 Å². The van der Waals surface area contributed by atoms with Crippen molar-refractivity contribution in [2.24, 2.45) is 5.92 Å². The Morgan fingerprint density at radius 1 is 1.42 bits per heavy atom. The Labute approximate surface area is 179 Å². The van der Waals surface area contributed by atoms with Crippen LogP contribution in [0.2, 0.25) is 0 Å². The summed E-state index contributed by atoms with van der Waals surface area (Å²) < 4.78 is 27.8. The smallest absolute Gasteiger partial charge is 0.337 e. The highest BCUT2D eigenvalue weighted by molar-refractivity contribution is 5.92. The number of fused-ring (bicyclic) bond motifs is 4. The van der Waals surface area contributed by atoms with Crippen LogP contribution in [0.4, 0.5) is 0 Å². The van der Waals surface area contributed by atoms with E-state index in [1.54, 1.807) is 13.0 Å². The molecule has 0 bridgehead atoms. The number of hydrogen-bond acceptors (Lipinski definition) is 9. The highest BCUT2D eigenvalue weighted by atomic mass is 16.7. The quantitative estimate of drug-likeness (QED) is 0.219. The molecule has 1 N–H and O–H groups in total. The summed E-state index contributed by atoms with van der Waals surface area (Å²) in [6.45, 7) is 8.16. The number of aliphatic hydroxyl groups is 1. The van der Waals surface area contributed by atoms with Crippen LogP contribution in [0, 0.1) is 5.92 Å². The normalized spacial score (nSPS) is 40.4. The minimum atomic E-state index is -0.787. The molecule has 0 radical (unpaired) electrons. The van der Waals surface area contributed by atoms with E-state index in [2.05, 4.69) is 6.58 Å². The van der Waals surface area contributed by atoms with Crippen molar-refractivity contribution in [3.63, 3.8) is 0 Å². The summed E-state index contributed by atoms with van der Waals surface area (Å²) in [5.74, 6) is -2.41. The lowest BCUT2D eigenvalue weighted by molar-refractivity contribution is -0.150. The van der Waals surface area contributed by atoms with Gasteiger partial charge in [-0.3, -0.25) is 4.79 Å². The maximum Gasteiger partial charge on any atom is 0.337 e. The van der Waals surface area contributed by atoms with E-state index in [1.165, 1.54) is 13.0 Å². The zero-order valence-electron chi connectivity index (χ0n) is 17.7. The third-order valence-corrected chi connectivity index (χ3v) is 6.26. The molecule has 1 aliphatic carbocycles. The van der Waals surface area contributed by atoms with Crippen molar-refractivity contribution in [3.8, 4) is 0 Å². The average molecular weight is 434 g/mol. The topological polar surface area (TPSA) is 124 Å². The number of epoxide rings is 2. The van der Waals surface area contributed by atoms with Gasteiger partial charge in [0.1, 0.15) is 37.1 Å². The molecular weight excluding hydrogens is 408 g/mol. The first kappa shape index (κ1) is 21.7. The number of ether oxygens (including phenoxy) is 5. The van der Waals surface area contributed by atoms with Crippen molar-refractivity contribution in [3.05, 3.63) is 35.5 Å². The molecule has 3 saturated heterocycles. The van der Waals surface area contributed by atoms with E-state index in [1.807, 2.05) is 6.92 Å². The number of allylic oxidation sites excluding steroid dienone is 1. The fourth-order valence-corrected chi connectivity index (χ4v) is 4.41. The van der Waals surface area contributed by atoms with Gasteiger partial charge < -0.3 is 28.8 Å². The lowest BCUT2D eigenvalue weighted by Gasteiger charge is -2.28. The minimum Gasteiger partial charge on any atom is -0.461 e. The van der Waals surface area contributed by atoms with E-state index in [-0.39, 0.29) is 42.7 Å². The molecule has 3 aliphatic heterocycles. The SMILES string of the molecule is C=C1C(=O)O[C@@H]2/C=C(/CO)[C@@H]3O[C@@H]3[C@@H]3O[C@]3(C)C[C@@H](OC(=O)/C(=C\C)COC(C)=O)[C@@H]12. The highest BCUT2D eigenvalue weighted by Gasteiger charge is 2.67. The molecule has 9 nitrogen and oxygen atoms in total. The van der Waals surface area contributed by atoms with E-state index in [9.17, 15) is 19.5 Å². The standard InChI is InChI=1S/C22H26O9/c1-5-12(9-27-11(3)24)21(26)29-15-7-22(4)19(31-22)18-17(30-18)13(8-23)6-14-16(15)10(2)20(25)28-14/h5-6,14-19,23H,2,7-9H2,1,3-4H3/b12-5-,13-6-/t14-,15-,16+,17+,18+,19+,22-/m1/s1. The van der Waals surface area contributed by atoms with E-state index in [4.69, 9.17) is 23.7 Å². The Bertz CT molecular complexity index is 887. The van der Waals surface area contributed by atoms with Gasteiger partial charge in [-0.25, -0.2) is 9.59 Å². The van der Waals surface area contributed by atoms with Crippen LogP contribution in [-0.4, -0.2) is 72.3 Å². The molecular formula is C22H26O9. The summed E-state index contributed by atoms with van der Waals surface area (Å²) in [6.07, 6.45) is 1.23. The first-order chi connectivity index (χ1) is 14.7. The summed E-state index contributed by atoms with van der Waals surface area (Å²) >= 11 is 0. The summed E-state index contributed by atoms with van der Waals surface area (Å²) in [5.41, 5.74) is 0.338. The average Bonchev–Trinajstić information content (AvgIpc) is 3.59. The van der Waals surface area contributed by atoms with Crippen LogP contribution in [0.5, 0.6) is 0 Å². The summed E-state index contributed by atoms with van der Waals surface area (Å²) in [5, 5.41) is 9.82. The van der Waals surface area contributed by atoms with Gasteiger partial charge in [0.25, 0.3) is 0 Å². The lowest BCUT2D eigenvalue weighted by Crippen LogP contribution is -2.38. The molecule has 0 unspecified atom stereocenters. The van der Waals surface area contributed by atoms with E-state index in [0.717, 1.165) is 0 Å². The van der Waals surface area contributed by atoms with Gasteiger partial charge in [0.2, 0.25) is 0 Å². The predicted octanol–water partition coefficient (Wildman–Crippen LogP) is 0.753. The Morgan fingerprint density at radius 3 is 2.81 bits per heavy atom. The molecule has 3 heterocycles. The lowest BCUT2D eigenvalue weighted by atomic mass is 9.82. The molecule has 168 valence electrons. The Hall–Kier alpha value is -2.49. The number of hydrogen-bond donors (Lipinski definition) is 1. The monoisotopic (exact) mass is 434 g/mol. The van der Waals surface area contributed by atoms with Crippen molar-refractivity contribution in [2.45, 2.75) is 63.3 Å². The zero-order valence-corrected chi connectivity index (χ0v) is 17.7. The molecule has 0 saturated carbocycles. The zero-order chi connectivity index (χ0) is 22.5. The molecule has 0 spiro atoms. The van der Waals surface area contributed by atoms with Gasteiger partial charge in [-0.15, -0.1) is 0 Å². The third-order valence-electron chi connectivity index (χ3n) is 6.26. The van der Waals surface area contributed by atoms with Crippen molar-refractivity contribution in [1.82, 2.24) is 0 Å². The first-order valence-electron chi connectivity index (χ1n) is 10.2. The first-order valence-corrected chi connectivity index (χ1v) is 10.2. The summed E-state index contributed by atoms with van der Waals surface area (Å²) in [7, 11) is 0. The summed E-state index contributed by atoms with van der Waals surface area (Å²) in [4.78, 5) is 36.3. The molecule has 0 aromatic rings. The summed E-state index contributed by atoms with van der Waals surface area (Å²) in [6, 6.07) is 0. The van der Waals surface area contributed by atoms with Crippen molar-refractivity contribution in [2.75, 3.05) is 13.2 Å². The Kier molecular flexibility index (Phi) is 5.53. The van der Waals surface area contributed by atoms with E-state index in [0.29, 0.717) is 12.0 Å². The van der Waals surface area contributed by atoms with Gasteiger partial charge in [0.15, 0.2) is 0 Å². The second-order valence-corrected chi connectivity index (χ2v) is 8.44. The largest absolute Gasteiger partial charge is 0.461 e. The van der Waals surface area contributed by atoms with Crippen molar-refractivity contribution in [1.29, 1.82) is 0 Å².